The van der Waals surface area contributed by atoms with Crippen LogP contribution in [0.5, 0.6) is 0 Å². The van der Waals surface area contributed by atoms with Crippen LogP contribution in [0.3, 0.4) is 0 Å². The average molecular weight is 126 g/mol. The molecular weight excluding hydrogens is 120 g/mol. The maximum atomic E-state index is 8.00. The molecule has 5 heavy (non-hydrogen) atoms. The van der Waals surface area contributed by atoms with E-state index in [4.69, 9.17) is 3.83 Å². The van der Waals surface area contributed by atoms with Gasteiger partial charge in [-0.25, -0.2) is 0 Å². The van der Waals surface area contributed by atoms with Gasteiger partial charge in [0.1, 0.15) is 0 Å². The second-order valence-electron chi connectivity index (χ2n) is 0. The van der Waals surface area contributed by atoms with E-state index in [-0.39, 0.29) is 16.4 Å². The molecule has 0 bridgehead atoms. The quantitative estimate of drug-likeness (QED) is 0.325. The fourth-order valence-electron chi connectivity index (χ4n) is 0. The summed E-state index contributed by atoms with van der Waals surface area (Å²) in [5, 5.41) is 0. The third-order valence-corrected chi connectivity index (χ3v) is 0. The fourth-order valence-corrected chi connectivity index (χ4v) is 0. The molecule has 5 heteroatoms. The Balaban J connectivity index is -0.00000000167. The molecule has 0 unspecified atom stereocenters. The third-order valence-electron chi connectivity index (χ3n) is 0. The van der Waals surface area contributed by atoms with Crippen molar-refractivity contribution in [1.29, 1.82) is 0 Å². The van der Waals surface area contributed by atoms with Crippen LogP contribution in [0.2, 0.25) is 0 Å². The van der Waals surface area contributed by atoms with Crippen LogP contribution in [-0.4, -0.2) is 16.4 Å². The van der Waals surface area contributed by atoms with Crippen molar-refractivity contribution in [2.75, 3.05) is 0 Å². The molecule has 6 N–H and O–H groups in total. The van der Waals surface area contributed by atoms with Gasteiger partial charge in [-0.15, -0.1) is 0 Å². The van der Waals surface area contributed by atoms with Crippen LogP contribution in [0.25, 0.3) is 0 Å². The molecule has 0 aliphatic carbocycles. The van der Waals surface area contributed by atoms with E-state index < -0.39 is 0 Å². The SMILES string of the molecule is O.O.O.[O]=[Fe]. The Bertz CT molecular complexity index is 3.61. The zero-order valence-corrected chi connectivity index (χ0v) is 3.37. The number of hydrogen-bond acceptors (Lipinski definition) is 1. The molecule has 0 fully saturated rings. The molecule has 0 saturated heterocycles. The second kappa shape index (κ2) is 1080. The number of hydrogen-bond donors (Lipinski definition) is 0. The second-order valence-corrected chi connectivity index (χ2v) is 0. The molecule has 38 valence electrons. The molecule has 0 aromatic rings. The van der Waals surface area contributed by atoms with Crippen LogP contribution < -0.4 is 0 Å². The Morgan fingerprint density at radius 2 is 0.800 bits per heavy atom. The zero-order chi connectivity index (χ0) is 2.00. The van der Waals surface area contributed by atoms with E-state index in [9.17, 15) is 0 Å². The van der Waals surface area contributed by atoms with Crippen LogP contribution in [0, 0.1) is 0 Å². The van der Waals surface area contributed by atoms with Crippen molar-refractivity contribution in [3.63, 3.8) is 0 Å². The van der Waals surface area contributed by atoms with Gasteiger partial charge >= 0.3 is 19.8 Å². The molecule has 0 amide bonds. The van der Waals surface area contributed by atoms with Gasteiger partial charge in [0.05, 0.1) is 0 Å². The molecule has 0 saturated carbocycles. The molecular formula is H6FeO4. The molecule has 0 atom stereocenters. The molecule has 0 radical (unpaired) electrons. The van der Waals surface area contributed by atoms with Gasteiger partial charge in [-0.2, -0.15) is 0 Å². The van der Waals surface area contributed by atoms with E-state index in [1.165, 1.54) is 0 Å². The van der Waals surface area contributed by atoms with Crippen molar-refractivity contribution in [3.05, 3.63) is 0 Å². The Morgan fingerprint density at radius 1 is 0.800 bits per heavy atom. The standard InChI is InChI=1S/Fe.3H2O.O/h;3*1H2;. The predicted octanol–water partition coefficient (Wildman–Crippen LogP) is -2.60. The van der Waals surface area contributed by atoms with Crippen LogP contribution in [0.15, 0.2) is 0 Å². The van der Waals surface area contributed by atoms with Crippen molar-refractivity contribution in [3.8, 4) is 0 Å². The summed E-state index contributed by atoms with van der Waals surface area (Å²) in [6.45, 7) is 0. The molecule has 0 aromatic carbocycles. The summed E-state index contributed by atoms with van der Waals surface area (Å²) < 4.78 is 8.00. The molecule has 0 aliphatic heterocycles. The van der Waals surface area contributed by atoms with E-state index >= 15 is 0 Å². The molecule has 0 heterocycles. The summed E-state index contributed by atoms with van der Waals surface area (Å²) in [7, 11) is 0. The Morgan fingerprint density at radius 3 is 0.800 bits per heavy atom. The molecule has 4 nitrogen and oxygen atoms in total. The summed E-state index contributed by atoms with van der Waals surface area (Å²) in [5.74, 6) is 0. The van der Waals surface area contributed by atoms with E-state index in [0.29, 0.717) is 0 Å². The maximum absolute atomic E-state index is 8.00. The molecule has 0 aliphatic rings. The van der Waals surface area contributed by atoms with E-state index in [2.05, 4.69) is 0 Å². The van der Waals surface area contributed by atoms with Gasteiger partial charge in [-0.1, -0.05) is 0 Å². The Labute approximate surface area is 37.1 Å². The van der Waals surface area contributed by atoms with Crippen molar-refractivity contribution in [2.45, 2.75) is 0 Å². The van der Waals surface area contributed by atoms with E-state index in [1.807, 2.05) is 15.9 Å². The first-order chi connectivity index (χ1) is 1.00. The van der Waals surface area contributed by atoms with Crippen LogP contribution in [0.1, 0.15) is 0 Å². The van der Waals surface area contributed by atoms with Gasteiger partial charge in [0, 0.05) is 0 Å². The molecule has 0 rings (SSSR count). The van der Waals surface area contributed by atoms with E-state index in [0.717, 1.165) is 0 Å². The van der Waals surface area contributed by atoms with Gasteiger partial charge in [0.15, 0.2) is 0 Å². The van der Waals surface area contributed by atoms with Gasteiger partial charge in [0.25, 0.3) is 0 Å². The minimum atomic E-state index is 0. The van der Waals surface area contributed by atoms with Crippen molar-refractivity contribution < 1.29 is 36.2 Å². The first-order valence-electron chi connectivity index (χ1n) is 0.144. The molecule has 0 aromatic heterocycles. The van der Waals surface area contributed by atoms with Crippen LogP contribution in [-0.2, 0) is 19.8 Å². The summed E-state index contributed by atoms with van der Waals surface area (Å²) in [6.07, 6.45) is 0. The third kappa shape index (κ3) is 511. The summed E-state index contributed by atoms with van der Waals surface area (Å²) in [4.78, 5) is 0. The van der Waals surface area contributed by atoms with Gasteiger partial charge in [-0.05, 0) is 0 Å². The van der Waals surface area contributed by atoms with Crippen molar-refractivity contribution >= 4 is 0 Å². The molecule has 0 spiro atoms. The van der Waals surface area contributed by atoms with Gasteiger partial charge in [0.2, 0.25) is 0 Å². The summed E-state index contributed by atoms with van der Waals surface area (Å²) >= 11 is 2.00. The predicted molar refractivity (Wildman–Crippen MR) is 11.5 cm³/mol. The Hall–Kier alpha value is 0.199. The summed E-state index contributed by atoms with van der Waals surface area (Å²) in [6, 6.07) is 0. The van der Waals surface area contributed by atoms with E-state index in [1.54, 1.807) is 0 Å². The first-order valence-corrected chi connectivity index (χ1v) is 0.595. The monoisotopic (exact) mass is 126 g/mol. The Kier molecular flexibility index (Phi) is 13800. The van der Waals surface area contributed by atoms with Crippen LogP contribution in [0.4, 0.5) is 0 Å². The zero-order valence-electron chi connectivity index (χ0n) is 2.26. The topological polar surface area (TPSA) is 112 Å². The fraction of sp³-hybridized carbons (Fsp3) is 0. The number of rotatable bonds is 0. The summed E-state index contributed by atoms with van der Waals surface area (Å²) in [5.41, 5.74) is 0. The van der Waals surface area contributed by atoms with Crippen molar-refractivity contribution in [1.82, 2.24) is 0 Å². The van der Waals surface area contributed by atoms with Crippen LogP contribution >= 0.6 is 0 Å². The normalized spacial score (nSPS) is 1.00. The van der Waals surface area contributed by atoms with Gasteiger partial charge in [-0.3, -0.25) is 0 Å². The minimum absolute atomic E-state index is 0. The van der Waals surface area contributed by atoms with Crippen molar-refractivity contribution in [2.24, 2.45) is 0 Å². The van der Waals surface area contributed by atoms with Gasteiger partial charge < -0.3 is 16.4 Å². The first kappa shape index (κ1) is 63.7. The average Bonchev–Trinajstić information content (AvgIpc) is 1.00.